The van der Waals surface area contributed by atoms with E-state index in [0.717, 1.165) is 47.7 Å². The lowest BCUT2D eigenvalue weighted by atomic mass is 10.1. The van der Waals surface area contributed by atoms with Crippen molar-refractivity contribution in [1.82, 2.24) is 25.2 Å². The number of hydrogen-bond acceptors (Lipinski definition) is 5. The van der Waals surface area contributed by atoms with Crippen LogP contribution in [0.1, 0.15) is 37.9 Å². The van der Waals surface area contributed by atoms with Gasteiger partial charge in [0.1, 0.15) is 17.8 Å². The lowest BCUT2D eigenvalue weighted by Gasteiger charge is -2.36. The molecule has 4 aromatic rings. The maximum Gasteiger partial charge on any atom is 0.143 e. The van der Waals surface area contributed by atoms with Crippen LogP contribution in [0.5, 0.6) is 0 Å². The van der Waals surface area contributed by atoms with E-state index in [9.17, 15) is 0 Å². The third-order valence-corrected chi connectivity index (χ3v) is 6.38. The third kappa shape index (κ3) is 4.92. The van der Waals surface area contributed by atoms with Gasteiger partial charge in [0, 0.05) is 43.5 Å². The Bertz CT molecular complexity index is 1190. The van der Waals surface area contributed by atoms with E-state index < -0.39 is 0 Å². The molecule has 1 aliphatic heterocycles. The first-order valence-corrected chi connectivity index (χ1v) is 11.8. The van der Waals surface area contributed by atoms with Gasteiger partial charge >= 0.3 is 0 Å². The fraction of sp³-hybridized carbons (Fsp3) is 0.333. The predicted octanol–water partition coefficient (Wildman–Crippen LogP) is 4.98. The zero-order chi connectivity index (χ0) is 22.8. The van der Waals surface area contributed by atoms with Gasteiger partial charge in [0.05, 0.1) is 5.39 Å². The van der Waals surface area contributed by atoms with E-state index in [1.54, 1.807) is 6.33 Å². The van der Waals surface area contributed by atoms with Crippen LogP contribution >= 0.6 is 0 Å². The number of rotatable bonds is 6. The molecule has 1 fully saturated rings. The molecule has 3 unspecified atom stereocenters. The quantitative estimate of drug-likeness (QED) is 0.395. The summed E-state index contributed by atoms with van der Waals surface area (Å²) >= 11 is 0. The van der Waals surface area contributed by atoms with E-state index in [1.165, 1.54) is 11.1 Å². The highest BCUT2D eigenvalue weighted by Crippen LogP contribution is 2.29. The number of anilines is 1. The summed E-state index contributed by atoms with van der Waals surface area (Å²) in [5.41, 5.74) is 5.62. The monoisotopic (exact) mass is 440 g/mol. The number of hydrogen-bond donors (Lipinski definition) is 3. The number of H-pyrrole nitrogens is 1. The summed E-state index contributed by atoms with van der Waals surface area (Å²) in [5, 5.41) is 8.15. The summed E-state index contributed by atoms with van der Waals surface area (Å²) < 4.78 is 0. The molecular formula is C27H32N6. The maximum absolute atomic E-state index is 4.52. The minimum absolute atomic E-state index is 0.150. The summed E-state index contributed by atoms with van der Waals surface area (Å²) in [6.45, 7) is 9.83. The molecule has 2 aromatic heterocycles. The van der Waals surface area contributed by atoms with Crippen LogP contribution in [0.4, 0.5) is 5.82 Å². The van der Waals surface area contributed by atoms with Gasteiger partial charge in [-0.05, 0) is 43.5 Å². The molecule has 5 rings (SSSR count). The zero-order valence-electron chi connectivity index (χ0n) is 19.5. The van der Waals surface area contributed by atoms with Crippen molar-refractivity contribution in [3.05, 3.63) is 78.1 Å². The molecule has 3 N–H and O–H groups in total. The van der Waals surface area contributed by atoms with Crippen molar-refractivity contribution >= 4 is 16.9 Å². The van der Waals surface area contributed by atoms with E-state index in [0.29, 0.717) is 12.1 Å². The second kappa shape index (κ2) is 9.33. The molecule has 33 heavy (non-hydrogen) atoms. The Morgan fingerprint density at radius 1 is 1.00 bits per heavy atom. The second-order valence-corrected chi connectivity index (χ2v) is 9.30. The Labute approximate surface area is 195 Å². The Morgan fingerprint density at radius 3 is 2.45 bits per heavy atom. The lowest BCUT2D eigenvalue weighted by Crippen LogP contribution is -2.53. The van der Waals surface area contributed by atoms with Crippen LogP contribution in [0.15, 0.2) is 67.0 Å². The Balaban J connectivity index is 1.33. The number of piperazine rings is 1. The van der Waals surface area contributed by atoms with Gasteiger partial charge in [-0.15, -0.1) is 0 Å². The van der Waals surface area contributed by atoms with Gasteiger partial charge in [-0.1, -0.05) is 54.6 Å². The van der Waals surface area contributed by atoms with Crippen LogP contribution in [0, 0.1) is 0 Å². The van der Waals surface area contributed by atoms with Crippen LogP contribution in [0.2, 0.25) is 0 Å². The first-order chi connectivity index (χ1) is 16.0. The van der Waals surface area contributed by atoms with Crippen molar-refractivity contribution in [2.24, 2.45) is 0 Å². The predicted molar refractivity (Wildman–Crippen MR) is 135 cm³/mol. The van der Waals surface area contributed by atoms with Gasteiger partial charge in [-0.25, -0.2) is 9.97 Å². The number of aromatic nitrogens is 3. The van der Waals surface area contributed by atoms with Gasteiger partial charge in [0.15, 0.2) is 0 Å². The first kappa shape index (κ1) is 21.6. The SMILES string of the molecule is CC1CN(Cc2ccc(-c3cc4c(NC(C)c5ccccc5)ncnc4[nH]3)cc2)CC(C)N1. The summed E-state index contributed by atoms with van der Waals surface area (Å²) in [7, 11) is 0. The van der Waals surface area contributed by atoms with Gasteiger partial charge in [0.25, 0.3) is 0 Å². The van der Waals surface area contributed by atoms with E-state index in [4.69, 9.17) is 0 Å². The Hall–Kier alpha value is -3.22. The fourth-order valence-corrected chi connectivity index (χ4v) is 4.86. The summed E-state index contributed by atoms with van der Waals surface area (Å²) in [4.78, 5) is 15.0. The van der Waals surface area contributed by atoms with E-state index in [1.807, 2.05) is 6.07 Å². The number of aromatic amines is 1. The average Bonchev–Trinajstić information content (AvgIpc) is 3.25. The molecule has 0 spiro atoms. The first-order valence-electron chi connectivity index (χ1n) is 11.8. The average molecular weight is 441 g/mol. The van der Waals surface area contributed by atoms with Crippen molar-refractivity contribution in [3.8, 4) is 11.3 Å². The highest BCUT2D eigenvalue weighted by molar-refractivity contribution is 5.91. The normalized spacial score (nSPS) is 20.1. The number of fused-ring (bicyclic) bond motifs is 1. The van der Waals surface area contributed by atoms with E-state index >= 15 is 0 Å². The molecule has 0 saturated carbocycles. The fourth-order valence-electron chi connectivity index (χ4n) is 4.86. The molecule has 0 radical (unpaired) electrons. The van der Waals surface area contributed by atoms with Crippen LogP contribution < -0.4 is 10.6 Å². The van der Waals surface area contributed by atoms with Crippen LogP contribution in [0.25, 0.3) is 22.3 Å². The summed E-state index contributed by atoms with van der Waals surface area (Å²) in [6, 6.07) is 22.6. The molecule has 0 amide bonds. The van der Waals surface area contributed by atoms with Gasteiger partial charge < -0.3 is 15.6 Å². The lowest BCUT2D eigenvalue weighted by molar-refractivity contribution is 0.166. The summed E-state index contributed by atoms with van der Waals surface area (Å²) in [5.74, 6) is 0.845. The van der Waals surface area contributed by atoms with E-state index in [2.05, 4.69) is 106 Å². The second-order valence-electron chi connectivity index (χ2n) is 9.30. The molecule has 170 valence electrons. The molecule has 0 bridgehead atoms. The standard InChI is InChI=1S/C27H32N6/c1-18-14-33(15-19(2)30-18)16-21-9-11-23(12-10-21)25-13-24-26(28-17-29-27(24)32-25)31-20(3)22-7-5-4-6-8-22/h4-13,17-20,30H,14-16H2,1-3H3,(H2,28,29,31,32). The summed E-state index contributed by atoms with van der Waals surface area (Å²) in [6.07, 6.45) is 1.61. The molecule has 1 saturated heterocycles. The van der Waals surface area contributed by atoms with Crippen LogP contribution in [-0.2, 0) is 6.54 Å². The molecule has 1 aliphatic rings. The van der Waals surface area contributed by atoms with Crippen molar-refractivity contribution in [2.75, 3.05) is 18.4 Å². The molecule has 0 aliphatic carbocycles. The zero-order valence-corrected chi connectivity index (χ0v) is 19.5. The molecule has 2 aromatic carbocycles. The van der Waals surface area contributed by atoms with E-state index in [-0.39, 0.29) is 6.04 Å². The molecule has 3 atom stereocenters. The molecule has 6 nitrogen and oxygen atoms in total. The Kier molecular flexibility index (Phi) is 6.11. The molecular weight excluding hydrogens is 408 g/mol. The third-order valence-electron chi connectivity index (χ3n) is 6.38. The van der Waals surface area contributed by atoms with Gasteiger partial charge in [0.2, 0.25) is 0 Å². The number of nitrogens with zero attached hydrogens (tertiary/aromatic N) is 3. The van der Waals surface area contributed by atoms with Crippen molar-refractivity contribution in [1.29, 1.82) is 0 Å². The van der Waals surface area contributed by atoms with Crippen LogP contribution in [-0.4, -0.2) is 45.0 Å². The van der Waals surface area contributed by atoms with Gasteiger partial charge in [-0.2, -0.15) is 0 Å². The van der Waals surface area contributed by atoms with Crippen LogP contribution in [0.3, 0.4) is 0 Å². The highest BCUT2D eigenvalue weighted by Gasteiger charge is 2.20. The highest BCUT2D eigenvalue weighted by atomic mass is 15.2. The Morgan fingerprint density at radius 2 is 1.73 bits per heavy atom. The number of nitrogens with one attached hydrogen (secondary N) is 3. The number of benzene rings is 2. The minimum atomic E-state index is 0.150. The minimum Gasteiger partial charge on any atom is -0.363 e. The molecule has 6 heteroatoms. The van der Waals surface area contributed by atoms with Gasteiger partial charge in [-0.3, -0.25) is 4.90 Å². The molecule has 3 heterocycles. The van der Waals surface area contributed by atoms with Crippen molar-refractivity contribution in [3.63, 3.8) is 0 Å². The maximum atomic E-state index is 4.52. The smallest absolute Gasteiger partial charge is 0.143 e. The van der Waals surface area contributed by atoms with Crippen molar-refractivity contribution in [2.45, 2.75) is 45.4 Å². The topological polar surface area (TPSA) is 68.9 Å². The largest absolute Gasteiger partial charge is 0.363 e. The van der Waals surface area contributed by atoms with Crippen molar-refractivity contribution < 1.29 is 0 Å².